The summed E-state index contributed by atoms with van der Waals surface area (Å²) in [7, 11) is 0. The van der Waals surface area contributed by atoms with E-state index in [1.165, 1.54) is 4.57 Å². The van der Waals surface area contributed by atoms with Gasteiger partial charge >= 0.3 is 11.7 Å². The molecule has 4 atom stereocenters. The predicted octanol–water partition coefficient (Wildman–Crippen LogP) is 0.573. The summed E-state index contributed by atoms with van der Waals surface area (Å²) in [5.74, 6) is 3.31. The van der Waals surface area contributed by atoms with Gasteiger partial charge in [0.1, 0.15) is 17.7 Å². The Bertz CT molecular complexity index is 1050. The largest absolute Gasteiger partial charge is 0.489 e. The Kier molecular flexibility index (Phi) is 6.53. The Labute approximate surface area is 199 Å². The molecule has 2 aliphatic heterocycles. The first kappa shape index (κ1) is 22.8. The Morgan fingerprint density at radius 1 is 1.21 bits per heavy atom. The topological polar surface area (TPSA) is 118 Å². The van der Waals surface area contributed by atoms with Crippen LogP contribution in [-0.2, 0) is 0 Å². The number of rotatable bonds is 7. The van der Waals surface area contributed by atoms with Crippen molar-refractivity contribution >= 4 is 11.8 Å². The quantitative estimate of drug-likeness (QED) is 0.545. The van der Waals surface area contributed by atoms with Gasteiger partial charge < -0.3 is 20.7 Å². The monoisotopic (exact) mass is 467 g/mol. The zero-order valence-electron chi connectivity index (χ0n) is 19.5. The van der Waals surface area contributed by atoms with Gasteiger partial charge in [0.2, 0.25) is 0 Å². The maximum Gasteiger partial charge on any atom is 0.354 e. The second kappa shape index (κ2) is 9.73. The standard InChI is InChI=1S/C24H33N7O3/c1-16(13-29-14-20-19(12-25)21(20)15-29)34-18-4-2-17(3-5-18)31-9-6-22(28-24(31)33)27-23(32)30-10-7-26-8-11-30/h2-6,9,16,19-21,26H,7-8,10-15,25H2,1H3,(H,27,28,32,33)/t16?,19?,20-,21?/m0/s1. The average Bonchev–Trinajstić information content (AvgIpc) is 3.32. The Morgan fingerprint density at radius 2 is 1.91 bits per heavy atom. The van der Waals surface area contributed by atoms with Crippen LogP contribution in [0.15, 0.2) is 41.3 Å². The number of fused-ring (bicyclic) bond motifs is 1. The number of benzene rings is 1. The third-order valence-corrected chi connectivity index (χ3v) is 7.13. The minimum Gasteiger partial charge on any atom is -0.489 e. The fourth-order valence-corrected chi connectivity index (χ4v) is 5.28. The van der Waals surface area contributed by atoms with Crippen molar-refractivity contribution in [3.8, 4) is 11.4 Å². The number of hydrogen-bond acceptors (Lipinski definition) is 7. The molecule has 10 heteroatoms. The molecule has 1 aliphatic carbocycles. The van der Waals surface area contributed by atoms with Crippen LogP contribution in [0, 0.1) is 17.8 Å². The normalized spacial score (nSPS) is 25.0. The summed E-state index contributed by atoms with van der Waals surface area (Å²) in [5, 5.41) is 5.91. The molecule has 0 radical (unpaired) electrons. The van der Waals surface area contributed by atoms with Crippen LogP contribution in [0.3, 0.4) is 0 Å². The van der Waals surface area contributed by atoms with Gasteiger partial charge in [0.05, 0.1) is 5.69 Å². The Hall–Kier alpha value is -2.95. The number of anilines is 1. The summed E-state index contributed by atoms with van der Waals surface area (Å²) in [5.41, 5.74) is 6.03. The van der Waals surface area contributed by atoms with E-state index in [1.54, 1.807) is 17.2 Å². The van der Waals surface area contributed by atoms with Crippen LogP contribution in [0.5, 0.6) is 5.75 Å². The molecule has 1 aromatic carbocycles. The van der Waals surface area contributed by atoms with Crippen molar-refractivity contribution in [1.82, 2.24) is 24.7 Å². The number of likely N-dealkylation sites (tertiary alicyclic amines) is 1. The molecule has 5 rings (SSSR count). The minimum atomic E-state index is -0.455. The fraction of sp³-hybridized carbons (Fsp3) is 0.542. The van der Waals surface area contributed by atoms with Crippen molar-refractivity contribution in [2.24, 2.45) is 23.5 Å². The zero-order chi connectivity index (χ0) is 23.7. The maximum absolute atomic E-state index is 12.6. The van der Waals surface area contributed by atoms with Crippen molar-refractivity contribution in [2.75, 3.05) is 57.7 Å². The van der Waals surface area contributed by atoms with E-state index in [0.29, 0.717) is 18.8 Å². The van der Waals surface area contributed by atoms with Crippen molar-refractivity contribution in [1.29, 1.82) is 0 Å². The summed E-state index contributed by atoms with van der Waals surface area (Å²) in [6.07, 6.45) is 1.69. The first-order valence-electron chi connectivity index (χ1n) is 12.1. The van der Waals surface area contributed by atoms with Crippen LogP contribution < -0.4 is 26.8 Å². The number of nitrogens with two attached hydrogens (primary N) is 1. The number of amides is 2. The molecule has 182 valence electrons. The molecule has 0 spiro atoms. The zero-order valence-corrected chi connectivity index (χ0v) is 19.5. The number of carbonyl (C=O) groups is 1. The van der Waals surface area contributed by atoms with Gasteiger partial charge in [-0.2, -0.15) is 4.98 Å². The van der Waals surface area contributed by atoms with E-state index in [-0.39, 0.29) is 18.0 Å². The van der Waals surface area contributed by atoms with Crippen molar-refractivity contribution in [2.45, 2.75) is 13.0 Å². The third kappa shape index (κ3) is 4.94. The summed E-state index contributed by atoms with van der Waals surface area (Å²) < 4.78 is 7.54. The lowest BCUT2D eigenvalue weighted by molar-refractivity contribution is 0.150. The Morgan fingerprint density at radius 3 is 2.56 bits per heavy atom. The van der Waals surface area contributed by atoms with Crippen LogP contribution in [0.1, 0.15) is 6.92 Å². The lowest BCUT2D eigenvalue weighted by Crippen LogP contribution is -2.48. The van der Waals surface area contributed by atoms with E-state index in [1.807, 2.05) is 24.3 Å². The molecule has 2 aromatic rings. The molecule has 1 saturated carbocycles. The summed E-state index contributed by atoms with van der Waals surface area (Å²) in [6.45, 7) is 8.82. The molecule has 2 saturated heterocycles. The molecule has 1 aromatic heterocycles. The highest BCUT2D eigenvalue weighted by Gasteiger charge is 2.54. The molecular formula is C24H33N7O3. The fourth-order valence-electron chi connectivity index (χ4n) is 5.28. The van der Waals surface area contributed by atoms with Gasteiger partial charge in [-0.05, 0) is 61.6 Å². The molecule has 0 bridgehead atoms. The van der Waals surface area contributed by atoms with Gasteiger partial charge in [-0.25, -0.2) is 9.59 Å². The van der Waals surface area contributed by atoms with Crippen molar-refractivity contribution < 1.29 is 9.53 Å². The first-order chi connectivity index (χ1) is 16.5. The van der Waals surface area contributed by atoms with Gasteiger partial charge in [0.25, 0.3) is 0 Å². The predicted molar refractivity (Wildman–Crippen MR) is 129 cm³/mol. The van der Waals surface area contributed by atoms with E-state index >= 15 is 0 Å². The van der Waals surface area contributed by atoms with Crippen LogP contribution in [0.4, 0.5) is 10.6 Å². The second-order valence-corrected chi connectivity index (χ2v) is 9.50. The van der Waals surface area contributed by atoms with Gasteiger partial charge in [-0.15, -0.1) is 0 Å². The van der Waals surface area contributed by atoms with Crippen LogP contribution in [-0.4, -0.2) is 83.8 Å². The molecule has 3 aliphatic rings. The second-order valence-electron chi connectivity index (χ2n) is 9.50. The molecule has 10 nitrogen and oxygen atoms in total. The van der Waals surface area contributed by atoms with Crippen LogP contribution in [0.25, 0.3) is 5.69 Å². The molecule has 3 unspecified atom stereocenters. The minimum absolute atomic E-state index is 0.0719. The van der Waals surface area contributed by atoms with Crippen LogP contribution in [0.2, 0.25) is 0 Å². The highest BCUT2D eigenvalue weighted by molar-refractivity contribution is 5.88. The number of carbonyl (C=O) groups excluding carboxylic acids is 1. The van der Waals surface area contributed by atoms with Gasteiger partial charge in [-0.3, -0.25) is 14.8 Å². The summed E-state index contributed by atoms with van der Waals surface area (Å²) in [4.78, 5) is 33.1. The number of nitrogens with zero attached hydrogens (tertiary/aromatic N) is 4. The number of nitrogens with one attached hydrogen (secondary N) is 2. The lowest BCUT2D eigenvalue weighted by atomic mass is 10.2. The number of piperazine rings is 1. The SMILES string of the molecule is CC(CN1CC2C(CN)[C@@H]2C1)Oc1ccc(-n2ccc(NC(=O)N3CCNCC3)nc2=O)cc1. The average molecular weight is 468 g/mol. The highest BCUT2D eigenvalue weighted by atomic mass is 16.5. The van der Waals surface area contributed by atoms with E-state index in [9.17, 15) is 9.59 Å². The van der Waals surface area contributed by atoms with Gasteiger partial charge in [-0.1, -0.05) is 0 Å². The molecular weight excluding hydrogens is 434 g/mol. The lowest BCUT2D eigenvalue weighted by Gasteiger charge is -2.27. The first-order valence-corrected chi connectivity index (χ1v) is 12.1. The van der Waals surface area contributed by atoms with E-state index in [4.69, 9.17) is 10.5 Å². The van der Waals surface area contributed by atoms with E-state index in [0.717, 1.165) is 62.8 Å². The number of aromatic nitrogens is 2. The summed E-state index contributed by atoms with van der Waals surface area (Å²) >= 11 is 0. The van der Waals surface area contributed by atoms with Crippen molar-refractivity contribution in [3.63, 3.8) is 0 Å². The molecule has 3 heterocycles. The van der Waals surface area contributed by atoms with E-state index in [2.05, 4.69) is 27.4 Å². The van der Waals surface area contributed by atoms with Crippen molar-refractivity contribution in [3.05, 3.63) is 47.0 Å². The number of ether oxygens (including phenoxy) is 1. The number of piperidine rings is 1. The number of hydrogen-bond donors (Lipinski definition) is 3. The summed E-state index contributed by atoms with van der Waals surface area (Å²) in [6, 6.07) is 8.78. The molecule has 2 amide bonds. The molecule has 4 N–H and O–H groups in total. The molecule has 3 fully saturated rings. The number of urea groups is 1. The van der Waals surface area contributed by atoms with Crippen LogP contribution >= 0.6 is 0 Å². The van der Waals surface area contributed by atoms with Gasteiger partial charge in [0, 0.05) is 52.0 Å². The Balaban J connectivity index is 1.15. The highest BCUT2D eigenvalue weighted by Crippen LogP contribution is 2.50. The maximum atomic E-state index is 12.6. The third-order valence-electron chi connectivity index (χ3n) is 7.13. The molecule has 34 heavy (non-hydrogen) atoms. The smallest absolute Gasteiger partial charge is 0.354 e. The van der Waals surface area contributed by atoms with E-state index < -0.39 is 5.69 Å². The van der Waals surface area contributed by atoms with Gasteiger partial charge in [0.15, 0.2) is 0 Å².